The maximum Gasteiger partial charge on any atom is 0.241 e. The van der Waals surface area contributed by atoms with E-state index in [9.17, 15) is 9.90 Å². The topological polar surface area (TPSA) is 75.3 Å². The number of rotatable bonds is 4. The number of phenolic OH excluding ortho intramolecular Hbond substituents is 1. The number of benzene rings is 1. The van der Waals surface area contributed by atoms with Gasteiger partial charge >= 0.3 is 0 Å². The number of carbonyl (C=O) groups is 1. The Kier molecular flexibility index (Phi) is 4.52. The zero-order valence-electron chi connectivity index (χ0n) is 10.5. The molecule has 1 atom stereocenters. The van der Waals surface area contributed by atoms with Crippen LogP contribution in [-0.2, 0) is 4.79 Å². The van der Waals surface area contributed by atoms with Crippen molar-refractivity contribution in [1.82, 2.24) is 0 Å². The number of carbonyl (C=O) groups excluding carboxylic acids is 1. The van der Waals surface area contributed by atoms with Crippen molar-refractivity contribution in [3.8, 4) is 5.75 Å². The molecule has 0 radical (unpaired) electrons. The molecule has 0 aromatic heterocycles. The van der Waals surface area contributed by atoms with E-state index < -0.39 is 6.04 Å². The van der Waals surface area contributed by atoms with Gasteiger partial charge in [0.05, 0.1) is 11.7 Å². The molecule has 4 nitrogen and oxygen atoms in total. The van der Waals surface area contributed by atoms with Crippen LogP contribution in [-0.4, -0.2) is 17.1 Å². The van der Waals surface area contributed by atoms with Gasteiger partial charge in [-0.3, -0.25) is 4.79 Å². The van der Waals surface area contributed by atoms with Gasteiger partial charge in [-0.2, -0.15) is 0 Å². The number of aryl methyl sites for hydroxylation is 1. The minimum absolute atomic E-state index is 0.0562. The highest BCUT2D eigenvalue weighted by molar-refractivity contribution is 5.95. The minimum atomic E-state index is -0.546. The van der Waals surface area contributed by atoms with Crippen LogP contribution in [0.25, 0.3) is 0 Å². The number of nitrogens with two attached hydrogens (primary N) is 1. The van der Waals surface area contributed by atoms with Crippen molar-refractivity contribution in [3.05, 3.63) is 23.8 Å². The fourth-order valence-corrected chi connectivity index (χ4v) is 1.59. The molecular formula is C13H20N2O2. The summed E-state index contributed by atoms with van der Waals surface area (Å²) in [6.45, 7) is 5.91. The molecule has 4 N–H and O–H groups in total. The van der Waals surface area contributed by atoms with Gasteiger partial charge in [0.1, 0.15) is 5.75 Å². The largest absolute Gasteiger partial charge is 0.506 e. The summed E-state index contributed by atoms with van der Waals surface area (Å²) in [6.07, 6.45) is 0.623. The number of phenols is 1. The lowest BCUT2D eigenvalue weighted by Gasteiger charge is -2.15. The van der Waals surface area contributed by atoms with Crippen molar-refractivity contribution >= 4 is 11.6 Å². The third-order valence-electron chi connectivity index (χ3n) is 2.47. The summed E-state index contributed by atoms with van der Waals surface area (Å²) in [5, 5.41) is 12.2. The van der Waals surface area contributed by atoms with Crippen LogP contribution < -0.4 is 11.1 Å². The van der Waals surface area contributed by atoms with E-state index in [1.807, 2.05) is 20.8 Å². The number of amides is 1. The number of hydrogen-bond donors (Lipinski definition) is 3. The summed E-state index contributed by atoms with van der Waals surface area (Å²) in [5.41, 5.74) is 7.14. The van der Waals surface area contributed by atoms with Gasteiger partial charge in [-0.25, -0.2) is 0 Å². The molecule has 0 spiro atoms. The van der Waals surface area contributed by atoms with Crippen molar-refractivity contribution in [1.29, 1.82) is 0 Å². The molecule has 1 rings (SSSR count). The normalized spacial score (nSPS) is 12.5. The predicted molar refractivity (Wildman–Crippen MR) is 68.9 cm³/mol. The molecule has 1 amide bonds. The summed E-state index contributed by atoms with van der Waals surface area (Å²) < 4.78 is 0. The Morgan fingerprint density at radius 3 is 2.71 bits per heavy atom. The van der Waals surface area contributed by atoms with Gasteiger partial charge in [0, 0.05) is 0 Å². The van der Waals surface area contributed by atoms with Gasteiger partial charge in [0.15, 0.2) is 0 Å². The van der Waals surface area contributed by atoms with Gasteiger partial charge in [0.2, 0.25) is 5.91 Å². The highest BCUT2D eigenvalue weighted by Gasteiger charge is 2.16. The van der Waals surface area contributed by atoms with Crippen LogP contribution in [0.15, 0.2) is 18.2 Å². The van der Waals surface area contributed by atoms with E-state index in [2.05, 4.69) is 5.32 Å². The second-order valence-electron chi connectivity index (χ2n) is 4.75. The van der Waals surface area contributed by atoms with Crippen LogP contribution in [0.4, 0.5) is 5.69 Å². The first-order chi connectivity index (χ1) is 7.90. The molecule has 1 aromatic rings. The molecule has 0 bridgehead atoms. The number of aromatic hydroxyl groups is 1. The van der Waals surface area contributed by atoms with Crippen LogP contribution in [0.1, 0.15) is 25.8 Å². The summed E-state index contributed by atoms with van der Waals surface area (Å²) in [7, 11) is 0. The molecule has 0 aliphatic rings. The van der Waals surface area contributed by atoms with Crippen LogP contribution >= 0.6 is 0 Å². The molecule has 17 heavy (non-hydrogen) atoms. The Morgan fingerprint density at radius 1 is 1.47 bits per heavy atom. The highest BCUT2D eigenvalue weighted by atomic mass is 16.3. The smallest absolute Gasteiger partial charge is 0.241 e. The van der Waals surface area contributed by atoms with Crippen molar-refractivity contribution in [2.45, 2.75) is 33.2 Å². The van der Waals surface area contributed by atoms with Crippen LogP contribution in [0.3, 0.4) is 0 Å². The second-order valence-corrected chi connectivity index (χ2v) is 4.75. The first-order valence-corrected chi connectivity index (χ1v) is 5.76. The second kappa shape index (κ2) is 5.68. The third-order valence-corrected chi connectivity index (χ3v) is 2.47. The van der Waals surface area contributed by atoms with Gasteiger partial charge in [-0.1, -0.05) is 19.9 Å². The van der Waals surface area contributed by atoms with Crippen molar-refractivity contribution in [2.75, 3.05) is 5.32 Å². The van der Waals surface area contributed by atoms with E-state index in [0.29, 0.717) is 18.0 Å². The van der Waals surface area contributed by atoms with Crippen LogP contribution in [0.5, 0.6) is 5.75 Å². The van der Waals surface area contributed by atoms with E-state index in [-0.39, 0.29) is 11.7 Å². The lowest BCUT2D eigenvalue weighted by molar-refractivity contribution is -0.117. The number of hydrogen-bond acceptors (Lipinski definition) is 3. The van der Waals surface area contributed by atoms with E-state index in [1.54, 1.807) is 18.2 Å². The van der Waals surface area contributed by atoms with Gasteiger partial charge in [-0.05, 0) is 37.0 Å². The Morgan fingerprint density at radius 2 is 2.12 bits per heavy atom. The Hall–Kier alpha value is -1.55. The lowest BCUT2D eigenvalue weighted by Crippen LogP contribution is -2.36. The molecule has 94 valence electrons. The zero-order valence-corrected chi connectivity index (χ0v) is 10.5. The van der Waals surface area contributed by atoms with Gasteiger partial charge in [-0.15, -0.1) is 0 Å². The first-order valence-electron chi connectivity index (χ1n) is 5.76. The summed E-state index contributed by atoms with van der Waals surface area (Å²) in [4.78, 5) is 11.8. The molecular weight excluding hydrogens is 216 g/mol. The maximum absolute atomic E-state index is 11.8. The SMILES string of the molecule is Cc1ccc(O)c(NC(=O)C(N)CC(C)C)c1. The summed E-state index contributed by atoms with van der Waals surface area (Å²) in [5.74, 6) is 0.155. The molecule has 0 aliphatic carbocycles. The predicted octanol–water partition coefficient (Wildman–Crippen LogP) is 2.01. The number of nitrogens with one attached hydrogen (secondary N) is 1. The van der Waals surface area contributed by atoms with Crippen LogP contribution in [0, 0.1) is 12.8 Å². The fourth-order valence-electron chi connectivity index (χ4n) is 1.59. The Balaban J connectivity index is 2.70. The third kappa shape index (κ3) is 4.07. The molecule has 0 saturated carbocycles. The summed E-state index contributed by atoms with van der Waals surface area (Å²) >= 11 is 0. The molecule has 1 unspecified atom stereocenters. The maximum atomic E-state index is 11.8. The van der Waals surface area contributed by atoms with Crippen LogP contribution in [0.2, 0.25) is 0 Å². The van der Waals surface area contributed by atoms with Crippen molar-refractivity contribution in [3.63, 3.8) is 0 Å². The molecule has 0 fully saturated rings. The van der Waals surface area contributed by atoms with E-state index in [1.165, 1.54) is 0 Å². The minimum Gasteiger partial charge on any atom is -0.506 e. The highest BCUT2D eigenvalue weighted by Crippen LogP contribution is 2.24. The Labute approximate surface area is 102 Å². The molecule has 1 aromatic carbocycles. The average molecular weight is 236 g/mol. The standard InChI is InChI=1S/C13H20N2O2/c1-8(2)6-10(14)13(17)15-11-7-9(3)4-5-12(11)16/h4-5,7-8,10,16H,6,14H2,1-3H3,(H,15,17). The molecule has 4 heteroatoms. The van der Waals surface area contributed by atoms with Gasteiger partial charge < -0.3 is 16.2 Å². The monoisotopic (exact) mass is 236 g/mol. The van der Waals surface area contributed by atoms with E-state index >= 15 is 0 Å². The van der Waals surface area contributed by atoms with E-state index in [4.69, 9.17) is 5.73 Å². The number of anilines is 1. The molecule has 0 saturated heterocycles. The Bertz CT molecular complexity index is 402. The summed E-state index contributed by atoms with van der Waals surface area (Å²) in [6, 6.07) is 4.50. The van der Waals surface area contributed by atoms with Crippen molar-refractivity contribution < 1.29 is 9.90 Å². The first kappa shape index (κ1) is 13.5. The molecule has 0 aliphatic heterocycles. The zero-order chi connectivity index (χ0) is 13.0. The quantitative estimate of drug-likeness (QED) is 0.700. The fraction of sp³-hybridized carbons (Fsp3) is 0.462. The van der Waals surface area contributed by atoms with Gasteiger partial charge in [0.25, 0.3) is 0 Å². The van der Waals surface area contributed by atoms with Crippen molar-refractivity contribution in [2.24, 2.45) is 11.7 Å². The van der Waals surface area contributed by atoms with E-state index in [0.717, 1.165) is 5.56 Å². The molecule has 0 heterocycles. The lowest BCUT2D eigenvalue weighted by atomic mass is 10.0. The average Bonchev–Trinajstić information content (AvgIpc) is 2.22.